The number of carbonyl (C=O) groups is 1. The first kappa shape index (κ1) is 21.7. The molecule has 6 heteroatoms. The highest BCUT2D eigenvalue weighted by molar-refractivity contribution is 7.14. The van der Waals surface area contributed by atoms with Crippen LogP contribution in [0.4, 0.5) is 0 Å². The number of thiophene rings is 1. The van der Waals surface area contributed by atoms with E-state index in [1.807, 2.05) is 74.5 Å². The van der Waals surface area contributed by atoms with Crippen LogP contribution in [0.5, 0.6) is 5.75 Å². The lowest BCUT2D eigenvalue weighted by molar-refractivity contribution is 0.0956. The van der Waals surface area contributed by atoms with Crippen LogP contribution in [-0.4, -0.2) is 23.2 Å². The number of aryl methyl sites for hydroxylation is 1. The SMILES string of the molecule is CCOc1ccc(-c2cc(C(=O)N/N=C(\C)c3ccc(CC)s3)c3ccccc3n2)cc1. The van der Waals surface area contributed by atoms with E-state index in [0.29, 0.717) is 12.2 Å². The van der Waals surface area contributed by atoms with Gasteiger partial charge in [-0.05, 0) is 68.8 Å². The summed E-state index contributed by atoms with van der Waals surface area (Å²) in [4.78, 5) is 20.2. The van der Waals surface area contributed by atoms with Gasteiger partial charge < -0.3 is 4.74 Å². The van der Waals surface area contributed by atoms with E-state index in [-0.39, 0.29) is 5.91 Å². The minimum atomic E-state index is -0.262. The summed E-state index contributed by atoms with van der Waals surface area (Å²) in [6.07, 6.45) is 0.988. The van der Waals surface area contributed by atoms with Crippen molar-refractivity contribution in [3.63, 3.8) is 0 Å². The van der Waals surface area contributed by atoms with Crippen molar-refractivity contribution in [1.82, 2.24) is 10.4 Å². The monoisotopic (exact) mass is 443 g/mol. The van der Waals surface area contributed by atoms with Crippen molar-refractivity contribution in [3.8, 4) is 17.0 Å². The number of nitrogens with zero attached hydrogens (tertiary/aromatic N) is 2. The Balaban J connectivity index is 1.66. The zero-order chi connectivity index (χ0) is 22.5. The zero-order valence-corrected chi connectivity index (χ0v) is 19.2. The number of rotatable bonds is 7. The van der Waals surface area contributed by atoms with Crippen LogP contribution in [0.1, 0.15) is 40.9 Å². The summed E-state index contributed by atoms with van der Waals surface area (Å²) in [5.41, 5.74) is 6.45. The van der Waals surface area contributed by atoms with Crippen molar-refractivity contribution in [1.29, 1.82) is 0 Å². The van der Waals surface area contributed by atoms with E-state index in [0.717, 1.165) is 44.9 Å². The molecule has 2 heterocycles. The minimum absolute atomic E-state index is 0.262. The van der Waals surface area contributed by atoms with Crippen molar-refractivity contribution < 1.29 is 9.53 Å². The Labute approximate surface area is 191 Å². The third-order valence-electron chi connectivity index (χ3n) is 5.11. The molecule has 0 unspecified atom stereocenters. The molecular formula is C26H25N3O2S. The fraction of sp³-hybridized carbons (Fsp3) is 0.192. The smallest absolute Gasteiger partial charge is 0.272 e. The van der Waals surface area contributed by atoms with Crippen molar-refractivity contribution in [3.05, 3.63) is 82.0 Å². The second-order valence-corrected chi connectivity index (χ2v) is 8.46. The number of hydrazone groups is 1. The normalized spacial score (nSPS) is 11.5. The lowest BCUT2D eigenvalue weighted by Crippen LogP contribution is -2.19. The van der Waals surface area contributed by atoms with Gasteiger partial charge in [-0.1, -0.05) is 25.1 Å². The molecule has 0 bridgehead atoms. The van der Waals surface area contributed by atoms with Crippen molar-refractivity contribution in [2.45, 2.75) is 27.2 Å². The molecule has 4 rings (SSSR count). The molecule has 0 atom stereocenters. The first-order chi connectivity index (χ1) is 15.6. The summed E-state index contributed by atoms with van der Waals surface area (Å²) in [6.45, 7) is 6.60. The Kier molecular flexibility index (Phi) is 6.61. The van der Waals surface area contributed by atoms with Crippen molar-refractivity contribution >= 4 is 33.9 Å². The predicted molar refractivity (Wildman–Crippen MR) is 132 cm³/mol. The third kappa shape index (κ3) is 4.70. The van der Waals surface area contributed by atoms with Crippen LogP contribution in [0.15, 0.2) is 71.8 Å². The maximum absolute atomic E-state index is 13.1. The standard InChI is InChI=1S/C26H25N3O2S/c1-4-20-14-15-25(32-20)17(3)28-29-26(30)22-16-24(27-23-9-7-6-8-21(22)23)18-10-12-19(13-11-18)31-5-2/h6-16H,4-5H2,1-3H3,(H,29,30)/b28-17+. The van der Waals surface area contributed by atoms with Crippen LogP contribution in [0, 0.1) is 0 Å². The molecule has 2 aromatic carbocycles. The topological polar surface area (TPSA) is 63.6 Å². The number of ether oxygens (including phenoxy) is 1. The van der Waals surface area contributed by atoms with Gasteiger partial charge in [-0.2, -0.15) is 5.10 Å². The molecule has 32 heavy (non-hydrogen) atoms. The zero-order valence-electron chi connectivity index (χ0n) is 18.4. The summed E-state index contributed by atoms with van der Waals surface area (Å²) >= 11 is 1.69. The number of aromatic nitrogens is 1. The Hall–Kier alpha value is -3.51. The van der Waals surface area contributed by atoms with Gasteiger partial charge in [0.1, 0.15) is 5.75 Å². The quantitative estimate of drug-likeness (QED) is 0.278. The molecular weight excluding hydrogens is 418 g/mol. The van der Waals surface area contributed by atoms with Crippen LogP contribution >= 0.6 is 11.3 Å². The average Bonchev–Trinajstić information content (AvgIpc) is 3.32. The molecule has 4 aromatic rings. The first-order valence-corrected chi connectivity index (χ1v) is 11.5. The number of hydrogen-bond donors (Lipinski definition) is 1. The first-order valence-electron chi connectivity index (χ1n) is 10.7. The van der Waals surface area contributed by atoms with Crippen molar-refractivity contribution in [2.75, 3.05) is 6.61 Å². The number of fused-ring (bicyclic) bond motifs is 1. The van der Waals surface area contributed by atoms with Gasteiger partial charge in [-0.25, -0.2) is 10.4 Å². The van der Waals surface area contributed by atoms with Crippen LogP contribution in [-0.2, 0) is 6.42 Å². The number of amides is 1. The van der Waals surface area contributed by atoms with Gasteiger partial charge in [-0.15, -0.1) is 11.3 Å². The van der Waals surface area contributed by atoms with E-state index in [9.17, 15) is 4.79 Å². The molecule has 0 aliphatic heterocycles. The van der Waals surface area contributed by atoms with E-state index >= 15 is 0 Å². The van der Waals surface area contributed by atoms with Gasteiger partial charge in [0.2, 0.25) is 0 Å². The van der Waals surface area contributed by atoms with Crippen LogP contribution in [0.2, 0.25) is 0 Å². The average molecular weight is 444 g/mol. The summed E-state index contributed by atoms with van der Waals surface area (Å²) in [6, 6.07) is 21.3. The lowest BCUT2D eigenvalue weighted by Gasteiger charge is -2.10. The summed E-state index contributed by atoms with van der Waals surface area (Å²) in [5, 5.41) is 5.14. The largest absolute Gasteiger partial charge is 0.494 e. The van der Waals surface area contributed by atoms with Gasteiger partial charge in [0.15, 0.2) is 0 Å². The maximum Gasteiger partial charge on any atom is 0.272 e. The van der Waals surface area contributed by atoms with Gasteiger partial charge in [0.05, 0.1) is 34.0 Å². The second-order valence-electron chi connectivity index (χ2n) is 7.29. The van der Waals surface area contributed by atoms with Gasteiger partial charge >= 0.3 is 0 Å². The number of pyridine rings is 1. The molecule has 0 aliphatic rings. The second kappa shape index (κ2) is 9.75. The Bertz CT molecular complexity index is 1280. The highest BCUT2D eigenvalue weighted by Crippen LogP contribution is 2.26. The molecule has 0 fully saturated rings. The molecule has 1 N–H and O–H groups in total. The van der Waals surface area contributed by atoms with E-state index in [2.05, 4.69) is 23.5 Å². The summed E-state index contributed by atoms with van der Waals surface area (Å²) in [7, 11) is 0. The molecule has 2 aromatic heterocycles. The predicted octanol–water partition coefficient (Wildman–Crippen LogP) is 6.08. The Morgan fingerprint density at radius 1 is 1.06 bits per heavy atom. The van der Waals surface area contributed by atoms with Gasteiger partial charge in [-0.3, -0.25) is 4.79 Å². The fourth-order valence-corrected chi connectivity index (χ4v) is 4.30. The molecule has 0 saturated carbocycles. The van der Waals surface area contributed by atoms with E-state index in [4.69, 9.17) is 9.72 Å². The molecule has 1 amide bonds. The molecule has 0 spiro atoms. The van der Waals surface area contributed by atoms with Gasteiger partial charge in [0, 0.05) is 15.8 Å². The number of para-hydroxylation sites is 1. The molecule has 5 nitrogen and oxygen atoms in total. The van der Waals surface area contributed by atoms with Crippen LogP contribution in [0.25, 0.3) is 22.2 Å². The highest BCUT2D eigenvalue weighted by atomic mass is 32.1. The Morgan fingerprint density at radius 2 is 1.84 bits per heavy atom. The fourth-order valence-electron chi connectivity index (χ4n) is 3.41. The van der Waals surface area contributed by atoms with E-state index in [1.165, 1.54) is 4.88 Å². The lowest BCUT2D eigenvalue weighted by atomic mass is 10.0. The highest BCUT2D eigenvalue weighted by Gasteiger charge is 2.14. The van der Waals surface area contributed by atoms with Gasteiger partial charge in [0.25, 0.3) is 5.91 Å². The van der Waals surface area contributed by atoms with E-state index < -0.39 is 0 Å². The molecule has 0 radical (unpaired) electrons. The number of hydrogen-bond acceptors (Lipinski definition) is 5. The van der Waals surface area contributed by atoms with E-state index in [1.54, 1.807) is 11.3 Å². The van der Waals surface area contributed by atoms with Crippen LogP contribution in [0.3, 0.4) is 0 Å². The van der Waals surface area contributed by atoms with Crippen molar-refractivity contribution in [2.24, 2.45) is 5.10 Å². The Morgan fingerprint density at radius 3 is 2.56 bits per heavy atom. The third-order valence-corrected chi connectivity index (χ3v) is 6.45. The van der Waals surface area contributed by atoms with Crippen LogP contribution < -0.4 is 10.2 Å². The molecule has 0 saturated heterocycles. The summed E-state index contributed by atoms with van der Waals surface area (Å²) in [5.74, 6) is 0.544. The number of carbonyl (C=O) groups excluding carboxylic acids is 1. The molecule has 162 valence electrons. The molecule has 0 aliphatic carbocycles. The number of benzene rings is 2. The minimum Gasteiger partial charge on any atom is -0.494 e. The maximum atomic E-state index is 13.1. The number of nitrogens with one attached hydrogen (secondary N) is 1. The summed E-state index contributed by atoms with van der Waals surface area (Å²) < 4.78 is 5.53.